The van der Waals surface area contributed by atoms with E-state index in [2.05, 4.69) is 59.9 Å². The van der Waals surface area contributed by atoms with Crippen LogP contribution >= 0.6 is 22.9 Å². The van der Waals surface area contributed by atoms with Crippen LogP contribution in [0.3, 0.4) is 0 Å². The molecular weight excluding hydrogens is 404 g/mol. The zero-order valence-corrected chi connectivity index (χ0v) is 18.8. The Hall–Kier alpha value is -2.18. The van der Waals surface area contributed by atoms with Crippen LogP contribution in [0.5, 0.6) is 0 Å². The second kappa shape index (κ2) is 7.92. The first-order chi connectivity index (χ1) is 13.8. The third-order valence-corrected chi connectivity index (χ3v) is 6.74. The summed E-state index contributed by atoms with van der Waals surface area (Å²) in [4.78, 5) is 27.0. The van der Waals surface area contributed by atoms with Gasteiger partial charge in [-0.05, 0) is 35.6 Å². The molecule has 1 fully saturated rings. The first-order valence-corrected chi connectivity index (χ1v) is 11.1. The van der Waals surface area contributed by atoms with Gasteiger partial charge in [0, 0.05) is 43.5 Å². The van der Waals surface area contributed by atoms with Crippen molar-refractivity contribution in [1.29, 1.82) is 0 Å². The number of halogens is 1. The van der Waals surface area contributed by atoms with Crippen molar-refractivity contribution in [2.24, 2.45) is 0 Å². The van der Waals surface area contributed by atoms with Gasteiger partial charge in [-0.2, -0.15) is 4.98 Å². The molecule has 1 amide bonds. The molecule has 5 nitrogen and oxygen atoms in total. The average molecular weight is 429 g/mol. The van der Waals surface area contributed by atoms with E-state index in [1.165, 1.54) is 21.6 Å². The second-order valence-corrected chi connectivity index (χ2v) is 9.34. The predicted octanol–water partition coefficient (Wildman–Crippen LogP) is 5.11. The number of nitrogens with zero attached hydrogens (tertiary/aromatic N) is 4. The quantitative estimate of drug-likeness (QED) is 0.544. The van der Waals surface area contributed by atoms with Crippen LogP contribution in [0.2, 0.25) is 5.28 Å². The zero-order chi connectivity index (χ0) is 20.7. The number of hydrogen-bond donors (Lipinski definition) is 0. The molecule has 1 aliphatic heterocycles. The maximum absolute atomic E-state index is 11.7. The molecule has 7 heteroatoms. The number of carbonyl (C=O) groups is 1. The molecule has 3 aromatic rings. The van der Waals surface area contributed by atoms with Crippen LogP contribution in [-0.4, -0.2) is 47.0 Å². The predicted molar refractivity (Wildman–Crippen MR) is 121 cm³/mol. The molecule has 3 heterocycles. The van der Waals surface area contributed by atoms with Gasteiger partial charge in [0.2, 0.25) is 11.2 Å². The average Bonchev–Trinajstić information content (AvgIpc) is 3.02. The lowest BCUT2D eigenvalue weighted by molar-refractivity contribution is -0.129. The molecule has 2 aromatic heterocycles. The van der Waals surface area contributed by atoms with Crippen molar-refractivity contribution < 1.29 is 4.79 Å². The summed E-state index contributed by atoms with van der Waals surface area (Å²) in [5.74, 6) is 1.49. The van der Waals surface area contributed by atoms with Gasteiger partial charge in [0.05, 0.1) is 5.39 Å². The van der Waals surface area contributed by atoms with Gasteiger partial charge in [-0.3, -0.25) is 4.79 Å². The Balaban J connectivity index is 1.80. The molecule has 0 N–H and O–H groups in total. The number of hydrogen-bond acceptors (Lipinski definition) is 5. The van der Waals surface area contributed by atoms with E-state index in [0.717, 1.165) is 29.1 Å². The van der Waals surface area contributed by atoms with Gasteiger partial charge in [0.1, 0.15) is 10.6 Å². The Bertz CT molecular complexity index is 1050. The van der Waals surface area contributed by atoms with Crippen molar-refractivity contribution in [2.45, 2.75) is 33.6 Å². The summed E-state index contributed by atoms with van der Waals surface area (Å²) < 4.78 is 0. The van der Waals surface area contributed by atoms with Gasteiger partial charge in [0.15, 0.2) is 0 Å². The van der Waals surface area contributed by atoms with Crippen molar-refractivity contribution >= 4 is 44.9 Å². The van der Waals surface area contributed by atoms with E-state index in [9.17, 15) is 4.79 Å². The summed E-state index contributed by atoms with van der Waals surface area (Å²) in [5.41, 5.74) is 3.68. The summed E-state index contributed by atoms with van der Waals surface area (Å²) >= 11 is 7.93. The van der Waals surface area contributed by atoms with Gasteiger partial charge in [-0.15, -0.1) is 11.3 Å². The molecule has 1 saturated heterocycles. The third-order valence-electron chi connectivity index (χ3n) is 5.57. The zero-order valence-electron chi connectivity index (χ0n) is 17.2. The summed E-state index contributed by atoms with van der Waals surface area (Å²) in [6.45, 7) is 11.0. The van der Waals surface area contributed by atoms with E-state index in [1.54, 1.807) is 18.3 Å². The highest BCUT2D eigenvalue weighted by Gasteiger charge is 2.25. The van der Waals surface area contributed by atoms with E-state index < -0.39 is 0 Å². The minimum atomic E-state index is 0.118. The molecule has 0 atom stereocenters. The molecule has 0 spiro atoms. The maximum Gasteiger partial charge on any atom is 0.225 e. The highest BCUT2D eigenvalue weighted by molar-refractivity contribution is 7.19. The van der Waals surface area contributed by atoms with Crippen LogP contribution in [0.25, 0.3) is 21.3 Å². The van der Waals surface area contributed by atoms with E-state index >= 15 is 0 Å². The fraction of sp³-hybridized carbons (Fsp3) is 0.409. The largest absolute Gasteiger partial charge is 0.352 e. The van der Waals surface area contributed by atoms with Gasteiger partial charge < -0.3 is 9.80 Å². The second-order valence-electron chi connectivity index (χ2n) is 7.80. The summed E-state index contributed by atoms with van der Waals surface area (Å²) in [5, 5.41) is 1.33. The first-order valence-electron chi connectivity index (χ1n) is 9.92. The monoisotopic (exact) mass is 428 g/mol. The number of anilines is 1. The molecule has 1 aromatic carbocycles. The molecule has 0 radical (unpaired) electrons. The lowest BCUT2D eigenvalue weighted by Gasteiger charge is -2.35. The highest BCUT2D eigenvalue weighted by Crippen LogP contribution is 2.42. The molecule has 0 saturated carbocycles. The van der Waals surface area contributed by atoms with Crippen molar-refractivity contribution in [3.8, 4) is 11.1 Å². The van der Waals surface area contributed by atoms with Crippen molar-refractivity contribution in [1.82, 2.24) is 14.9 Å². The molecule has 4 rings (SSSR count). The minimum absolute atomic E-state index is 0.118. The number of amides is 1. The van der Waals surface area contributed by atoms with Crippen molar-refractivity contribution in [3.63, 3.8) is 0 Å². The Morgan fingerprint density at radius 2 is 1.76 bits per heavy atom. The van der Waals surface area contributed by atoms with E-state index in [0.29, 0.717) is 19.0 Å². The maximum atomic E-state index is 11.7. The molecular formula is C22H25ClN4OS. The van der Waals surface area contributed by atoms with E-state index in [1.807, 2.05) is 4.90 Å². The number of thiophene rings is 1. The smallest absolute Gasteiger partial charge is 0.225 e. The molecule has 152 valence electrons. The third kappa shape index (κ3) is 3.83. The van der Waals surface area contributed by atoms with E-state index in [-0.39, 0.29) is 11.2 Å². The lowest BCUT2D eigenvalue weighted by Crippen LogP contribution is -2.48. The fourth-order valence-electron chi connectivity index (χ4n) is 3.91. The van der Waals surface area contributed by atoms with Gasteiger partial charge in [-0.1, -0.05) is 38.1 Å². The number of benzene rings is 1. The molecule has 0 aliphatic carbocycles. The Morgan fingerprint density at radius 3 is 2.34 bits per heavy atom. The van der Waals surface area contributed by atoms with Crippen LogP contribution < -0.4 is 4.90 Å². The van der Waals surface area contributed by atoms with Gasteiger partial charge >= 0.3 is 0 Å². The van der Waals surface area contributed by atoms with Crippen LogP contribution in [0.4, 0.5) is 5.82 Å². The molecule has 0 unspecified atom stereocenters. The SMILES string of the molecule is CC(=O)N1CCN(c2nc(Cl)nc3sc(C)c(-c4ccc(C(C)C)cc4)c23)CC1. The summed E-state index contributed by atoms with van der Waals surface area (Å²) in [7, 11) is 0. The Labute approximate surface area is 180 Å². The Morgan fingerprint density at radius 1 is 1.10 bits per heavy atom. The Kier molecular flexibility index (Phi) is 5.49. The first kappa shape index (κ1) is 20.1. The number of piperazine rings is 1. The number of carbonyl (C=O) groups excluding carboxylic acids is 1. The molecule has 0 bridgehead atoms. The molecule has 29 heavy (non-hydrogen) atoms. The highest BCUT2D eigenvalue weighted by atomic mass is 35.5. The fourth-order valence-corrected chi connectivity index (χ4v) is 5.17. The van der Waals surface area contributed by atoms with Crippen LogP contribution in [0.1, 0.15) is 37.1 Å². The minimum Gasteiger partial charge on any atom is -0.352 e. The van der Waals surface area contributed by atoms with Crippen molar-refractivity contribution in [2.75, 3.05) is 31.1 Å². The number of aryl methyl sites for hydroxylation is 1. The molecule has 1 aliphatic rings. The normalized spacial score (nSPS) is 14.8. The standard InChI is InChI=1S/C22H25ClN4OS/c1-13(2)16-5-7-17(8-6-16)18-14(3)29-21-19(18)20(24-22(23)25-21)27-11-9-26(10-12-27)15(4)28/h5-8,13H,9-12H2,1-4H3. The number of aromatic nitrogens is 2. The summed E-state index contributed by atoms with van der Waals surface area (Å²) in [6.07, 6.45) is 0. The number of rotatable bonds is 3. The van der Waals surface area contributed by atoms with Gasteiger partial charge in [-0.25, -0.2) is 4.98 Å². The summed E-state index contributed by atoms with van der Waals surface area (Å²) in [6, 6.07) is 8.78. The topological polar surface area (TPSA) is 49.3 Å². The van der Waals surface area contributed by atoms with Gasteiger partial charge in [0.25, 0.3) is 0 Å². The van der Waals surface area contributed by atoms with Crippen LogP contribution in [0.15, 0.2) is 24.3 Å². The van der Waals surface area contributed by atoms with Crippen LogP contribution in [-0.2, 0) is 4.79 Å². The van der Waals surface area contributed by atoms with Crippen LogP contribution in [0, 0.1) is 6.92 Å². The van der Waals surface area contributed by atoms with Crippen molar-refractivity contribution in [3.05, 3.63) is 40.0 Å². The number of fused-ring (bicyclic) bond motifs is 1. The lowest BCUT2D eigenvalue weighted by atomic mass is 9.97. The van der Waals surface area contributed by atoms with E-state index in [4.69, 9.17) is 11.6 Å².